The van der Waals surface area contributed by atoms with Gasteiger partial charge in [-0.25, -0.2) is 19.2 Å². The van der Waals surface area contributed by atoms with E-state index in [2.05, 4.69) is 25.5 Å². The highest BCUT2D eigenvalue weighted by Crippen LogP contribution is 2.16. The number of anilines is 3. The van der Waals surface area contributed by atoms with Crippen LogP contribution in [0.5, 0.6) is 0 Å². The second kappa shape index (κ2) is 6.38. The minimum atomic E-state index is -0.469. The topological polar surface area (TPSA) is 70.2 Å². The summed E-state index contributed by atoms with van der Waals surface area (Å²) < 4.78 is 13.0. The summed E-state index contributed by atoms with van der Waals surface area (Å²) in [6, 6.07) is 5.22. The Kier molecular flexibility index (Phi) is 4.13. The number of halogens is 1. The Bertz CT molecular complexity index is 655. The third-order valence-electron chi connectivity index (χ3n) is 3.37. The number of urea groups is 1. The molecule has 2 heterocycles. The van der Waals surface area contributed by atoms with Gasteiger partial charge in [0.05, 0.1) is 18.1 Å². The number of nitrogens with zero attached hydrogens (tertiary/aromatic N) is 3. The molecule has 22 heavy (non-hydrogen) atoms. The number of rotatable bonds is 3. The van der Waals surface area contributed by atoms with Gasteiger partial charge in [0.1, 0.15) is 5.82 Å². The molecule has 1 aliphatic rings. The highest BCUT2D eigenvalue weighted by molar-refractivity contribution is 5.99. The van der Waals surface area contributed by atoms with Crippen LogP contribution in [0, 0.1) is 5.82 Å². The molecule has 1 fully saturated rings. The standard InChI is InChI=1S/C15H16FN5O/c16-11-4-3-5-12(8-11)19-15(22)20-13-9-17-14(18-10-13)21-6-1-2-7-21/h3-5,8-10H,1-2,6-7H2,(H2,19,20,22). The van der Waals surface area contributed by atoms with Gasteiger partial charge in [-0.05, 0) is 31.0 Å². The van der Waals surface area contributed by atoms with E-state index < -0.39 is 11.8 Å². The first kappa shape index (κ1) is 14.2. The van der Waals surface area contributed by atoms with Crippen molar-refractivity contribution in [1.29, 1.82) is 0 Å². The molecule has 0 aliphatic carbocycles. The predicted octanol–water partition coefficient (Wildman–Crippen LogP) is 2.86. The summed E-state index contributed by atoms with van der Waals surface area (Å²) in [5.74, 6) is 0.268. The zero-order chi connectivity index (χ0) is 15.4. The maximum atomic E-state index is 13.0. The lowest BCUT2D eigenvalue weighted by Gasteiger charge is -2.14. The van der Waals surface area contributed by atoms with Crippen molar-refractivity contribution < 1.29 is 9.18 Å². The smallest absolute Gasteiger partial charge is 0.323 e. The highest BCUT2D eigenvalue weighted by atomic mass is 19.1. The van der Waals surface area contributed by atoms with E-state index in [1.807, 2.05) is 0 Å². The lowest BCUT2D eigenvalue weighted by molar-refractivity contribution is 0.262. The maximum Gasteiger partial charge on any atom is 0.323 e. The van der Waals surface area contributed by atoms with Gasteiger partial charge in [0.25, 0.3) is 0 Å². The molecule has 0 saturated carbocycles. The molecule has 1 aromatic carbocycles. The van der Waals surface area contributed by atoms with Gasteiger partial charge in [-0.3, -0.25) is 0 Å². The van der Waals surface area contributed by atoms with Crippen LogP contribution in [0.3, 0.4) is 0 Å². The molecule has 3 rings (SSSR count). The first-order valence-corrected chi connectivity index (χ1v) is 7.11. The van der Waals surface area contributed by atoms with E-state index in [9.17, 15) is 9.18 Å². The molecule has 1 saturated heterocycles. The van der Waals surface area contributed by atoms with E-state index in [1.54, 1.807) is 18.5 Å². The zero-order valence-corrected chi connectivity index (χ0v) is 11.9. The molecule has 114 valence electrons. The first-order valence-electron chi connectivity index (χ1n) is 7.11. The SMILES string of the molecule is O=C(Nc1cnc(N2CCCC2)nc1)Nc1cccc(F)c1. The third kappa shape index (κ3) is 3.49. The molecule has 2 aromatic rings. The van der Waals surface area contributed by atoms with Crippen LogP contribution in [0.25, 0.3) is 0 Å². The molecule has 0 bridgehead atoms. The molecule has 1 aliphatic heterocycles. The molecule has 0 unspecified atom stereocenters. The van der Waals surface area contributed by atoms with E-state index >= 15 is 0 Å². The molecule has 0 radical (unpaired) electrons. The summed E-state index contributed by atoms with van der Waals surface area (Å²) in [7, 11) is 0. The summed E-state index contributed by atoms with van der Waals surface area (Å²) >= 11 is 0. The van der Waals surface area contributed by atoms with Crippen LogP contribution in [0.2, 0.25) is 0 Å². The number of hydrogen-bond donors (Lipinski definition) is 2. The second-order valence-electron chi connectivity index (χ2n) is 5.06. The number of carbonyl (C=O) groups excluding carboxylic acids is 1. The molecule has 0 spiro atoms. The average Bonchev–Trinajstić information content (AvgIpc) is 3.02. The van der Waals surface area contributed by atoms with Crippen molar-refractivity contribution in [2.24, 2.45) is 0 Å². The normalized spacial score (nSPS) is 14.0. The van der Waals surface area contributed by atoms with Gasteiger partial charge in [-0.2, -0.15) is 0 Å². The van der Waals surface area contributed by atoms with Gasteiger partial charge >= 0.3 is 6.03 Å². The lowest BCUT2D eigenvalue weighted by atomic mass is 10.3. The molecule has 7 heteroatoms. The van der Waals surface area contributed by atoms with Crippen LogP contribution in [0.4, 0.5) is 26.5 Å². The van der Waals surface area contributed by atoms with E-state index in [0.717, 1.165) is 25.9 Å². The molecule has 1 aromatic heterocycles. The van der Waals surface area contributed by atoms with E-state index in [0.29, 0.717) is 17.3 Å². The highest BCUT2D eigenvalue weighted by Gasteiger charge is 2.14. The van der Waals surface area contributed by atoms with Gasteiger partial charge in [-0.15, -0.1) is 0 Å². The number of amides is 2. The fourth-order valence-electron chi connectivity index (χ4n) is 2.33. The minimum Gasteiger partial charge on any atom is -0.341 e. The molecule has 2 N–H and O–H groups in total. The van der Waals surface area contributed by atoms with Crippen molar-refractivity contribution in [3.05, 3.63) is 42.5 Å². The van der Waals surface area contributed by atoms with Crippen LogP contribution in [-0.2, 0) is 0 Å². The van der Waals surface area contributed by atoms with Crippen LogP contribution in [0.1, 0.15) is 12.8 Å². The molecular formula is C15H16FN5O. The number of benzene rings is 1. The van der Waals surface area contributed by atoms with Gasteiger partial charge in [0.15, 0.2) is 0 Å². The van der Waals surface area contributed by atoms with Crippen molar-refractivity contribution in [3.63, 3.8) is 0 Å². The van der Waals surface area contributed by atoms with E-state index in [1.165, 1.54) is 18.2 Å². The number of aromatic nitrogens is 2. The molecule has 2 amide bonds. The molecule has 6 nitrogen and oxygen atoms in total. The summed E-state index contributed by atoms with van der Waals surface area (Å²) in [4.78, 5) is 22.4. The summed E-state index contributed by atoms with van der Waals surface area (Å²) in [6.45, 7) is 1.93. The van der Waals surface area contributed by atoms with Crippen molar-refractivity contribution in [2.75, 3.05) is 28.6 Å². The van der Waals surface area contributed by atoms with Gasteiger partial charge in [-0.1, -0.05) is 6.07 Å². The fourth-order valence-corrected chi connectivity index (χ4v) is 2.33. The van der Waals surface area contributed by atoms with Gasteiger partial charge < -0.3 is 15.5 Å². The molecular weight excluding hydrogens is 285 g/mol. The number of hydrogen-bond acceptors (Lipinski definition) is 4. The van der Waals surface area contributed by atoms with E-state index in [-0.39, 0.29) is 0 Å². The fraction of sp³-hybridized carbons (Fsp3) is 0.267. The summed E-state index contributed by atoms with van der Waals surface area (Å²) in [6.07, 6.45) is 5.43. The Labute approximate surface area is 127 Å². The summed E-state index contributed by atoms with van der Waals surface area (Å²) in [5, 5.41) is 5.16. The van der Waals surface area contributed by atoms with Crippen molar-refractivity contribution in [3.8, 4) is 0 Å². The Morgan fingerprint density at radius 1 is 1.09 bits per heavy atom. The Hall–Kier alpha value is -2.70. The van der Waals surface area contributed by atoms with Crippen LogP contribution >= 0.6 is 0 Å². The molecule has 0 atom stereocenters. The monoisotopic (exact) mass is 301 g/mol. The van der Waals surface area contributed by atoms with Crippen molar-refractivity contribution in [1.82, 2.24) is 9.97 Å². The van der Waals surface area contributed by atoms with Crippen LogP contribution in [0.15, 0.2) is 36.7 Å². The summed E-state index contributed by atoms with van der Waals surface area (Å²) in [5.41, 5.74) is 0.865. The average molecular weight is 301 g/mol. The zero-order valence-electron chi connectivity index (χ0n) is 11.9. The van der Waals surface area contributed by atoms with Crippen LogP contribution in [-0.4, -0.2) is 29.1 Å². The van der Waals surface area contributed by atoms with Gasteiger partial charge in [0, 0.05) is 18.8 Å². The Morgan fingerprint density at radius 2 is 1.77 bits per heavy atom. The first-order chi connectivity index (χ1) is 10.7. The largest absolute Gasteiger partial charge is 0.341 e. The Balaban J connectivity index is 1.59. The number of nitrogens with one attached hydrogen (secondary N) is 2. The van der Waals surface area contributed by atoms with Crippen molar-refractivity contribution >= 4 is 23.4 Å². The maximum absolute atomic E-state index is 13.0. The van der Waals surface area contributed by atoms with Gasteiger partial charge in [0.2, 0.25) is 5.95 Å². The second-order valence-corrected chi connectivity index (χ2v) is 5.06. The third-order valence-corrected chi connectivity index (χ3v) is 3.37. The van der Waals surface area contributed by atoms with Crippen LogP contribution < -0.4 is 15.5 Å². The quantitative estimate of drug-likeness (QED) is 0.914. The Morgan fingerprint density at radius 3 is 2.45 bits per heavy atom. The minimum absolute atomic E-state index is 0.382. The predicted molar refractivity (Wildman–Crippen MR) is 82.5 cm³/mol. The van der Waals surface area contributed by atoms with E-state index in [4.69, 9.17) is 0 Å². The van der Waals surface area contributed by atoms with Crippen molar-refractivity contribution in [2.45, 2.75) is 12.8 Å². The number of carbonyl (C=O) groups is 1. The lowest BCUT2D eigenvalue weighted by Crippen LogP contribution is -2.22.